The second-order valence-electron chi connectivity index (χ2n) is 5.11. The molecule has 100 valence electrons. The van der Waals surface area contributed by atoms with Gasteiger partial charge >= 0.3 is 6.03 Å². The van der Waals surface area contributed by atoms with Crippen LogP contribution in [0.15, 0.2) is 0 Å². The monoisotopic (exact) mass is 253 g/mol. The van der Waals surface area contributed by atoms with Gasteiger partial charge in [-0.1, -0.05) is 0 Å². The third kappa shape index (κ3) is 2.32. The number of amides is 3. The van der Waals surface area contributed by atoms with E-state index in [1.807, 2.05) is 0 Å². The highest BCUT2D eigenvalue weighted by molar-refractivity contribution is 6.00. The zero-order valence-corrected chi connectivity index (χ0v) is 10.7. The molecule has 2 aliphatic rings. The van der Waals surface area contributed by atoms with Crippen molar-refractivity contribution in [2.45, 2.75) is 38.3 Å². The third-order valence-corrected chi connectivity index (χ3v) is 3.96. The number of carbonyl (C=O) groups is 3. The highest BCUT2D eigenvalue weighted by Gasteiger charge is 2.42. The van der Waals surface area contributed by atoms with Gasteiger partial charge in [0.15, 0.2) is 0 Å². The summed E-state index contributed by atoms with van der Waals surface area (Å²) in [5.41, 5.74) is 0. The molecule has 1 heterocycles. The van der Waals surface area contributed by atoms with Crippen molar-refractivity contribution >= 4 is 17.7 Å². The van der Waals surface area contributed by atoms with Crippen LogP contribution in [0.4, 0.5) is 4.79 Å². The number of rotatable bonds is 3. The van der Waals surface area contributed by atoms with Crippen molar-refractivity contribution in [1.29, 1.82) is 0 Å². The molecule has 3 N–H and O–H groups in total. The van der Waals surface area contributed by atoms with E-state index >= 15 is 0 Å². The summed E-state index contributed by atoms with van der Waals surface area (Å²) in [6.07, 6.45) is 2.29. The van der Waals surface area contributed by atoms with Crippen LogP contribution in [0.1, 0.15) is 26.2 Å². The molecule has 2 fully saturated rings. The number of nitrogens with one attached hydrogen (secondary N) is 3. The van der Waals surface area contributed by atoms with Gasteiger partial charge in [0.05, 0.1) is 18.0 Å². The number of fused-ring (bicyclic) bond motifs is 1. The molecule has 0 bridgehead atoms. The lowest BCUT2D eigenvalue weighted by molar-refractivity contribution is -0.135. The minimum atomic E-state index is -0.589. The van der Waals surface area contributed by atoms with E-state index in [-0.39, 0.29) is 35.7 Å². The predicted octanol–water partition coefficient (Wildman–Crippen LogP) is -0.212. The first-order valence-corrected chi connectivity index (χ1v) is 6.32. The Morgan fingerprint density at radius 2 is 1.94 bits per heavy atom. The van der Waals surface area contributed by atoms with Crippen LogP contribution in [0.25, 0.3) is 0 Å². The average molecular weight is 253 g/mol. The summed E-state index contributed by atoms with van der Waals surface area (Å²) in [5, 5.41) is 8.25. The lowest BCUT2D eigenvalue weighted by Gasteiger charge is -2.33. The average Bonchev–Trinajstić information content (AvgIpc) is 2.68. The number of Topliss-reactive ketones (excluding diaryl/α,β-unsaturated/α-hetero) is 1. The van der Waals surface area contributed by atoms with Crippen molar-refractivity contribution in [3.63, 3.8) is 0 Å². The van der Waals surface area contributed by atoms with E-state index < -0.39 is 5.92 Å². The summed E-state index contributed by atoms with van der Waals surface area (Å²) in [6.45, 7) is 1.46. The van der Waals surface area contributed by atoms with E-state index in [2.05, 4.69) is 16.0 Å². The van der Waals surface area contributed by atoms with Crippen molar-refractivity contribution < 1.29 is 14.4 Å². The van der Waals surface area contributed by atoms with Gasteiger partial charge in [-0.2, -0.15) is 0 Å². The van der Waals surface area contributed by atoms with Gasteiger partial charge < -0.3 is 16.0 Å². The molecule has 0 aromatic rings. The topological polar surface area (TPSA) is 87.3 Å². The molecule has 6 heteroatoms. The molecule has 4 unspecified atom stereocenters. The van der Waals surface area contributed by atoms with Crippen molar-refractivity contribution in [2.75, 3.05) is 7.05 Å². The molecule has 3 amide bonds. The highest BCUT2D eigenvalue weighted by atomic mass is 16.2. The van der Waals surface area contributed by atoms with Gasteiger partial charge in [0.1, 0.15) is 5.78 Å². The number of ketones is 1. The Bertz CT molecular complexity index is 383. The Morgan fingerprint density at radius 3 is 2.56 bits per heavy atom. The standard InChI is InChI=1S/C12H19N3O3/c1-6(16)10(11(17)13-2)7-3-4-8-9(5-7)15-12(18)14-8/h7-10H,3-5H2,1-2H3,(H,13,17)(H2,14,15,18). The molecule has 0 spiro atoms. The molecule has 2 rings (SSSR count). The lowest BCUT2D eigenvalue weighted by Crippen LogP contribution is -2.45. The van der Waals surface area contributed by atoms with Crippen LogP contribution in [0, 0.1) is 11.8 Å². The second kappa shape index (κ2) is 4.96. The molecule has 1 aliphatic carbocycles. The van der Waals surface area contributed by atoms with Gasteiger partial charge in [-0.25, -0.2) is 4.79 Å². The largest absolute Gasteiger partial charge is 0.359 e. The van der Waals surface area contributed by atoms with Gasteiger partial charge in [0, 0.05) is 7.05 Å². The zero-order chi connectivity index (χ0) is 13.3. The molecule has 1 saturated heterocycles. The summed E-state index contributed by atoms with van der Waals surface area (Å²) in [4.78, 5) is 34.7. The van der Waals surface area contributed by atoms with Crippen LogP contribution in [0.5, 0.6) is 0 Å². The maximum atomic E-state index is 11.8. The van der Waals surface area contributed by atoms with Crippen LogP contribution in [-0.4, -0.2) is 36.9 Å². The van der Waals surface area contributed by atoms with Gasteiger partial charge in [-0.3, -0.25) is 9.59 Å². The van der Waals surface area contributed by atoms with Crippen LogP contribution in [0.3, 0.4) is 0 Å². The fraction of sp³-hybridized carbons (Fsp3) is 0.750. The highest BCUT2D eigenvalue weighted by Crippen LogP contribution is 2.32. The van der Waals surface area contributed by atoms with E-state index in [4.69, 9.17) is 0 Å². The number of carbonyl (C=O) groups excluding carboxylic acids is 3. The summed E-state index contributed by atoms with van der Waals surface area (Å²) < 4.78 is 0. The SMILES string of the molecule is CNC(=O)C(C(C)=O)C1CCC2NC(=O)NC2C1. The molecule has 0 aromatic carbocycles. The Balaban J connectivity index is 2.07. The third-order valence-electron chi connectivity index (χ3n) is 3.96. The minimum absolute atomic E-state index is 0.0175. The summed E-state index contributed by atoms with van der Waals surface area (Å²) in [6, 6.07) is 0.0405. The van der Waals surface area contributed by atoms with Crippen LogP contribution < -0.4 is 16.0 Å². The maximum Gasteiger partial charge on any atom is 0.315 e. The van der Waals surface area contributed by atoms with E-state index in [0.717, 1.165) is 12.8 Å². The summed E-state index contributed by atoms with van der Waals surface area (Å²) in [7, 11) is 1.54. The summed E-state index contributed by atoms with van der Waals surface area (Å²) in [5.74, 6) is -0.893. The molecule has 1 saturated carbocycles. The lowest BCUT2D eigenvalue weighted by atomic mass is 9.74. The van der Waals surface area contributed by atoms with Crippen molar-refractivity contribution in [2.24, 2.45) is 11.8 Å². The van der Waals surface area contributed by atoms with Gasteiger partial charge in [0.25, 0.3) is 0 Å². The minimum Gasteiger partial charge on any atom is -0.359 e. The maximum absolute atomic E-state index is 11.8. The molecule has 4 atom stereocenters. The van der Waals surface area contributed by atoms with E-state index in [9.17, 15) is 14.4 Å². The zero-order valence-electron chi connectivity index (χ0n) is 10.7. The predicted molar refractivity (Wildman–Crippen MR) is 64.8 cm³/mol. The fourth-order valence-electron chi connectivity index (χ4n) is 3.10. The normalized spacial score (nSPS) is 31.9. The van der Waals surface area contributed by atoms with E-state index in [1.165, 1.54) is 6.92 Å². The van der Waals surface area contributed by atoms with Crippen molar-refractivity contribution in [1.82, 2.24) is 16.0 Å². The number of urea groups is 1. The molecule has 0 radical (unpaired) electrons. The van der Waals surface area contributed by atoms with Crippen LogP contribution in [0.2, 0.25) is 0 Å². The number of hydrogen-bond donors (Lipinski definition) is 3. The Kier molecular flexibility index (Phi) is 3.54. The molecule has 6 nitrogen and oxygen atoms in total. The van der Waals surface area contributed by atoms with Gasteiger partial charge in [0.2, 0.25) is 5.91 Å². The van der Waals surface area contributed by atoms with E-state index in [1.54, 1.807) is 7.05 Å². The van der Waals surface area contributed by atoms with Gasteiger partial charge in [-0.05, 0) is 32.1 Å². The Hall–Kier alpha value is -1.59. The summed E-state index contributed by atoms with van der Waals surface area (Å²) >= 11 is 0. The Labute approximate surface area is 106 Å². The van der Waals surface area contributed by atoms with Crippen LogP contribution in [-0.2, 0) is 9.59 Å². The van der Waals surface area contributed by atoms with Gasteiger partial charge in [-0.15, -0.1) is 0 Å². The Morgan fingerprint density at radius 1 is 1.28 bits per heavy atom. The molecule has 0 aromatic heterocycles. The molecular formula is C12H19N3O3. The fourth-order valence-corrected chi connectivity index (χ4v) is 3.10. The quantitative estimate of drug-likeness (QED) is 0.608. The molecule has 18 heavy (non-hydrogen) atoms. The molecular weight excluding hydrogens is 234 g/mol. The van der Waals surface area contributed by atoms with Crippen molar-refractivity contribution in [3.8, 4) is 0 Å². The van der Waals surface area contributed by atoms with Crippen LogP contribution >= 0.6 is 0 Å². The van der Waals surface area contributed by atoms with Crippen molar-refractivity contribution in [3.05, 3.63) is 0 Å². The molecule has 1 aliphatic heterocycles. The smallest absolute Gasteiger partial charge is 0.315 e. The first-order valence-electron chi connectivity index (χ1n) is 6.32. The van der Waals surface area contributed by atoms with E-state index in [0.29, 0.717) is 6.42 Å². The second-order valence-corrected chi connectivity index (χ2v) is 5.11. The first-order chi connectivity index (χ1) is 8.52. The first kappa shape index (κ1) is 12.9. The number of hydrogen-bond acceptors (Lipinski definition) is 3.